The molecule has 1 aromatic carbocycles. The van der Waals surface area contributed by atoms with Gasteiger partial charge in [-0.25, -0.2) is 5.43 Å². The van der Waals surface area contributed by atoms with E-state index in [0.717, 1.165) is 21.5 Å². The van der Waals surface area contributed by atoms with Gasteiger partial charge in [-0.05, 0) is 33.6 Å². The summed E-state index contributed by atoms with van der Waals surface area (Å²) in [6, 6.07) is 7.59. The fraction of sp³-hybridized carbons (Fsp3) is 0.357. The maximum Gasteiger partial charge on any atom is 0.118 e. The first-order chi connectivity index (χ1) is 10.2. The monoisotopic (exact) mass is 354 g/mol. The first-order valence-electron chi connectivity index (χ1n) is 6.51. The molecule has 21 heavy (non-hydrogen) atoms. The van der Waals surface area contributed by atoms with Gasteiger partial charge in [0.05, 0.1) is 42.7 Å². The van der Waals surface area contributed by atoms with Crippen LogP contribution in [0.15, 0.2) is 34.9 Å². The fourth-order valence-electron chi connectivity index (χ4n) is 2.14. The van der Waals surface area contributed by atoms with Gasteiger partial charge in [-0.2, -0.15) is 5.10 Å². The molecule has 0 amide bonds. The van der Waals surface area contributed by atoms with Crippen molar-refractivity contribution in [3.63, 3.8) is 0 Å². The van der Waals surface area contributed by atoms with Gasteiger partial charge in [0.1, 0.15) is 5.75 Å². The maximum atomic E-state index is 5.76. The van der Waals surface area contributed by atoms with Gasteiger partial charge in [0.2, 0.25) is 0 Å². The van der Waals surface area contributed by atoms with Crippen LogP contribution in [-0.4, -0.2) is 30.6 Å². The molecule has 0 aliphatic rings. The maximum absolute atomic E-state index is 5.76. The fourth-order valence-corrected chi connectivity index (χ4v) is 2.67. The Balaban J connectivity index is 2.33. The second-order valence-electron chi connectivity index (χ2n) is 4.47. The molecular weight excluding hydrogens is 336 g/mol. The highest BCUT2D eigenvalue weighted by Gasteiger charge is 2.20. The Hall–Kier alpha value is -1.41. The van der Waals surface area contributed by atoms with E-state index in [2.05, 4.69) is 26.5 Å². The molecule has 0 bridgehead atoms. The third kappa shape index (κ3) is 3.62. The highest BCUT2D eigenvalue weighted by atomic mass is 79.9. The number of aromatic nitrogens is 2. The first-order valence-corrected chi connectivity index (χ1v) is 7.30. The summed E-state index contributed by atoms with van der Waals surface area (Å²) in [7, 11) is 3.31. The molecule has 0 aliphatic heterocycles. The molecule has 1 atom stereocenters. The standard InChI is InChI=1S/C14H19BrN4O2/c1-20-8-7-19-14(12(15)9-17-19)13(18-16)10-3-5-11(21-2)6-4-10/h3-6,9,13,18H,7-8,16H2,1-2H3. The minimum atomic E-state index is -0.176. The number of benzene rings is 1. The van der Waals surface area contributed by atoms with Gasteiger partial charge >= 0.3 is 0 Å². The number of halogens is 1. The molecule has 1 aromatic heterocycles. The summed E-state index contributed by atoms with van der Waals surface area (Å²) in [6.45, 7) is 1.24. The van der Waals surface area contributed by atoms with Crippen molar-refractivity contribution in [2.75, 3.05) is 20.8 Å². The predicted octanol–water partition coefficient (Wildman–Crippen LogP) is 1.85. The Bertz CT molecular complexity index is 571. The van der Waals surface area contributed by atoms with Crippen LogP contribution in [0.3, 0.4) is 0 Å². The highest BCUT2D eigenvalue weighted by molar-refractivity contribution is 9.10. The summed E-state index contributed by atoms with van der Waals surface area (Å²) in [5.74, 6) is 6.57. The highest BCUT2D eigenvalue weighted by Crippen LogP contribution is 2.29. The summed E-state index contributed by atoms with van der Waals surface area (Å²) < 4.78 is 13.1. The molecule has 1 unspecified atom stereocenters. The van der Waals surface area contributed by atoms with Crippen LogP contribution in [0.5, 0.6) is 5.75 Å². The van der Waals surface area contributed by atoms with Gasteiger partial charge in [0.25, 0.3) is 0 Å². The summed E-state index contributed by atoms with van der Waals surface area (Å²) in [5, 5.41) is 4.35. The van der Waals surface area contributed by atoms with E-state index in [0.29, 0.717) is 13.2 Å². The molecule has 0 spiro atoms. The summed E-state index contributed by atoms with van der Waals surface area (Å²) >= 11 is 3.53. The second-order valence-corrected chi connectivity index (χ2v) is 5.32. The summed E-state index contributed by atoms with van der Waals surface area (Å²) in [4.78, 5) is 0. The lowest BCUT2D eigenvalue weighted by Gasteiger charge is -2.19. The van der Waals surface area contributed by atoms with E-state index in [1.807, 2.05) is 28.9 Å². The lowest BCUT2D eigenvalue weighted by Crippen LogP contribution is -2.31. The zero-order chi connectivity index (χ0) is 15.2. The van der Waals surface area contributed by atoms with E-state index >= 15 is 0 Å². The largest absolute Gasteiger partial charge is 0.497 e. The Labute approximate surface area is 132 Å². The molecule has 0 fully saturated rings. The van der Waals surface area contributed by atoms with E-state index in [9.17, 15) is 0 Å². The molecular formula is C14H19BrN4O2. The van der Waals surface area contributed by atoms with Crippen LogP contribution in [0, 0.1) is 0 Å². The van der Waals surface area contributed by atoms with E-state index in [-0.39, 0.29) is 6.04 Å². The van der Waals surface area contributed by atoms with Crippen molar-refractivity contribution < 1.29 is 9.47 Å². The molecule has 1 heterocycles. The summed E-state index contributed by atoms with van der Waals surface area (Å²) in [6.07, 6.45) is 1.76. The smallest absolute Gasteiger partial charge is 0.118 e. The Morgan fingerprint density at radius 2 is 2.05 bits per heavy atom. The quantitative estimate of drug-likeness (QED) is 0.586. The molecule has 3 N–H and O–H groups in total. The van der Waals surface area contributed by atoms with Crippen LogP contribution in [0.2, 0.25) is 0 Å². The predicted molar refractivity (Wildman–Crippen MR) is 84.0 cm³/mol. The number of hydrogen-bond donors (Lipinski definition) is 2. The lowest BCUT2D eigenvalue weighted by molar-refractivity contribution is 0.182. The third-order valence-corrected chi connectivity index (χ3v) is 3.84. The Morgan fingerprint density at radius 3 is 2.62 bits per heavy atom. The van der Waals surface area contributed by atoms with Gasteiger partial charge in [0, 0.05) is 7.11 Å². The minimum Gasteiger partial charge on any atom is -0.497 e. The van der Waals surface area contributed by atoms with Crippen LogP contribution >= 0.6 is 15.9 Å². The molecule has 114 valence electrons. The topological polar surface area (TPSA) is 74.3 Å². The number of ether oxygens (including phenoxy) is 2. The van der Waals surface area contributed by atoms with Crippen LogP contribution in [-0.2, 0) is 11.3 Å². The number of nitrogens with two attached hydrogens (primary N) is 1. The van der Waals surface area contributed by atoms with Gasteiger partial charge in [-0.15, -0.1) is 0 Å². The van der Waals surface area contributed by atoms with Crippen molar-refractivity contribution in [1.82, 2.24) is 15.2 Å². The van der Waals surface area contributed by atoms with Gasteiger partial charge in [0.15, 0.2) is 0 Å². The molecule has 0 radical (unpaired) electrons. The van der Waals surface area contributed by atoms with Gasteiger partial charge in [-0.3, -0.25) is 10.5 Å². The molecule has 6 nitrogen and oxygen atoms in total. The third-order valence-electron chi connectivity index (χ3n) is 3.23. The lowest BCUT2D eigenvalue weighted by atomic mass is 10.0. The van der Waals surface area contributed by atoms with Crippen molar-refractivity contribution >= 4 is 15.9 Å². The van der Waals surface area contributed by atoms with Gasteiger partial charge in [-0.1, -0.05) is 12.1 Å². The van der Waals surface area contributed by atoms with Crippen molar-refractivity contribution in [2.45, 2.75) is 12.6 Å². The number of rotatable bonds is 7. The first kappa shape index (κ1) is 16.0. The minimum absolute atomic E-state index is 0.176. The van der Waals surface area contributed by atoms with Crippen molar-refractivity contribution in [1.29, 1.82) is 0 Å². The number of nitrogens with one attached hydrogen (secondary N) is 1. The van der Waals surface area contributed by atoms with E-state index < -0.39 is 0 Å². The van der Waals surface area contributed by atoms with E-state index in [4.69, 9.17) is 15.3 Å². The van der Waals surface area contributed by atoms with E-state index in [1.165, 1.54) is 0 Å². The molecule has 0 aliphatic carbocycles. The van der Waals surface area contributed by atoms with Gasteiger partial charge < -0.3 is 9.47 Å². The van der Waals surface area contributed by atoms with Crippen molar-refractivity contribution in [3.8, 4) is 5.75 Å². The Kier molecular flexibility index (Phi) is 5.75. The average molecular weight is 355 g/mol. The Morgan fingerprint density at radius 1 is 1.33 bits per heavy atom. The SMILES string of the molecule is COCCn1ncc(Br)c1C(NN)c1ccc(OC)cc1. The number of methoxy groups -OCH3 is 2. The van der Waals surface area contributed by atoms with Crippen LogP contribution in [0.25, 0.3) is 0 Å². The number of nitrogens with zero attached hydrogens (tertiary/aromatic N) is 2. The molecule has 2 rings (SSSR count). The molecule has 0 saturated heterocycles. The molecule has 7 heteroatoms. The van der Waals surface area contributed by atoms with Crippen LogP contribution in [0.1, 0.15) is 17.3 Å². The zero-order valence-corrected chi connectivity index (χ0v) is 13.6. The number of hydrazine groups is 1. The summed E-state index contributed by atoms with van der Waals surface area (Å²) in [5.41, 5.74) is 4.83. The normalized spacial score (nSPS) is 12.4. The average Bonchev–Trinajstić information content (AvgIpc) is 2.88. The van der Waals surface area contributed by atoms with Crippen LogP contribution in [0.4, 0.5) is 0 Å². The number of hydrogen-bond acceptors (Lipinski definition) is 5. The van der Waals surface area contributed by atoms with Crippen molar-refractivity contribution in [2.24, 2.45) is 5.84 Å². The van der Waals surface area contributed by atoms with Crippen LogP contribution < -0.4 is 16.0 Å². The molecule has 2 aromatic rings. The zero-order valence-electron chi connectivity index (χ0n) is 12.0. The molecule has 0 saturated carbocycles. The van der Waals surface area contributed by atoms with E-state index in [1.54, 1.807) is 20.4 Å². The second kappa shape index (κ2) is 7.56. The van der Waals surface area contributed by atoms with Crippen molar-refractivity contribution in [3.05, 3.63) is 46.2 Å².